The molecule has 0 aliphatic carbocycles. The Morgan fingerprint density at radius 3 is 2.65 bits per heavy atom. The van der Waals surface area contributed by atoms with E-state index in [2.05, 4.69) is 20.5 Å². The molecule has 0 amide bonds. The normalized spacial score (nSPS) is 11.0. The molecular formula is C17H12Cl2N6S. The average Bonchev–Trinajstić information content (AvgIpc) is 3.23. The molecule has 0 saturated heterocycles. The molecule has 0 spiro atoms. The Bertz CT molecular complexity index is 1120. The summed E-state index contributed by atoms with van der Waals surface area (Å²) in [5, 5.41) is 16.8. The zero-order chi connectivity index (χ0) is 18.1. The number of halogens is 2. The highest BCUT2D eigenvalue weighted by Crippen LogP contribution is 2.26. The van der Waals surface area contributed by atoms with E-state index in [1.165, 1.54) is 4.80 Å². The Kier molecular flexibility index (Phi) is 4.58. The van der Waals surface area contributed by atoms with Crippen molar-refractivity contribution in [3.05, 3.63) is 75.0 Å². The maximum absolute atomic E-state index is 6.27. The first-order chi connectivity index (χ1) is 12.6. The Morgan fingerprint density at radius 1 is 1.08 bits per heavy atom. The molecule has 0 radical (unpaired) electrons. The van der Waals surface area contributed by atoms with E-state index in [4.69, 9.17) is 35.4 Å². The van der Waals surface area contributed by atoms with Crippen LogP contribution in [0.15, 0.2) is 54.7 Å². The molecule has 2 aromatic carbocycles. The molecule has 1 N–H and O–H groups in total. The van der Waals surface area contributed by atoms with Gasteiger partial charge < -0.3 is 0 Å². The number of hydrogen-bond donors (Lipinski definition) is 1. The van der Waals surface area contributed by atoms with Crippen LogP contribution in [0.25, 0.3) is 17.1 Å². The van der Waals surface area contributed by atoms with Crippen LogP contribution >= 0.6 is 35.4 Å². The summed E-state index contributed by atoms with van der Waals surface area (Å²) in [6, 6.07) is 15.1. The minimum absolute atomic E-state index is 0.450. The van der Waals surface area contributed by atoms with Crippen molar-refractivity contribution >= 4 is 35.4 Å². The second kappa shape index (κ2) is 7.03. The molecule has 2 aromatic heterocycles. The van der Waals surface area contributed by atoms with Crippen molar-refractivity contribution in [2.24, 2.45) is 0 Å². The largest absolute Gasteiger partial charge is 0.299 e. The van der Waals surface area contributed by atoms with Gasteiger partial charge in [0.05, 0.1) is 22.8 Å². The summed E-state index contributed by atoms with van der Waals surface area (Å²) in [4.78, 5) is 1.53. The smallest absolute Gasteiger partial charge is 0.209 e. The van der Waals surface area contributed by atoms with Crippen LogP contribution in [0.3, 0.4) is 0 Å². The third kappa shape index (κ3) is 3.29. The third-order valence-electron chi connectivity index (χ3n) is 3.78. The highest BCUT2D eigenvalue weighted by atomic mass is 35.5. The van der Waals surface area contributed by atoms with Crippen LogP contribution in [0.4, 0.5) is 0 Å². The molecule has 6 nitrogen and oxygen atoms in total. The zero-order valence-electron chi connectivity index (χ0n) is 13.3. The van der Waals surface area contributed by atoms with Crippen molar-refractivity contribution in [1.82, 2.24) is 30.0 Å². The molecule has 0 atom stereocenters. The first-order valence-electron chi connectivity index (χ1n) is 7.70. The van der Waals surface area contributed by atoms with Crippen molar-refractivity contribution in [2.45, 2.75) is 6.54 Å². The maximum Gasteiger partial charge on any atom is 0.209 e. The number of aromatic nitrogens is 6. The van der Waals surface area contributed by atoms with Crippen LogP contribution in [0.5, 0.6) is 0 Å². The highest BCUT2D eigenvalue weighted by Gasteiger charge is 2.14. The van der Waals surface area contributed by atoms with Crippen LogP contribution in [-0.4, -0.2) is 30.0 Å². The predicted octanol–water partition coefficient (Wildman–Crippen LogP) is 4.54. The van der Waals surface area contributed by atoms with Crippen molar-refractivity contribution in [2.75, 3.05) is 0 Å². The van der Waals surface area contributed by atoms with Crippen LogP contribution in [0.2, 0.25) is 10.0 Å². The van der Waals surface area contributed by atoms with Gasteiger partial charge in [-0.2, -0.15) is 4.80 Å². The van der Waals surface area contributed by atoms with Crippen LogP contribution in [-0.2, 0) is 6.54 Å². The summed E-state index contributed by atoms with van der Waals surface area (Å²) in [6.07, 6.45) is 1.73. The van der Waals surface area contributed by atoms with Crippen molar-refractivity contribution in [1.29, 1.82) is 0 Å². The summed E-state index contributed by atoms with van der Waals surface area (Å²) >= 11 is 17.8. The van der Waals surface area contributed by atoms with Crippen LogP contribution in [0.1, 0.15) is 5.56 Å². The molecule has 130 valence electrons. The van der Waals surface area contributed by atoms with Gasteiger partial charge in [0, 0.05) is 11.2 Å². The fourth-order valence-electron chi connectivity index (χ4n) is 2.54. The summed E-state index contributed by atoms with van der Waals surface area (Å²) < 4.78 is 2.19. The first kappa shape index (κ1) is 17.0. The van der Waals surface area contributed by atoms with Gasteiger partial charge in [-0.1, -0.05) is 65.8 Å². The van der Waals surface area contributed by atoms with E-state index < -0.39 is 0 Å². The molecule has 0 aliphatic rings. The number of benzene rings is 2. The van der Waals surface area contributed by atoms with Gasteiger partial charge in [0.15, 0.2) is 0 Å². The number of rotatable bonds is 4. The quantitative estimate of drug-likeness (QED) is 0.508. The first-order valence-corrected chi connectivity index (χ1v) is 8.86. The molecule has 26 heavy (non-hydrogen) atoms. The fraction of sp³-hybridized carbons (Fsp3) is 0.0588. The van der Waals surface area contributed by atoms with Crippen LogP contribution < -0.4 is 0 Å². The average molecular weight is 403 g/mol. The van der Waals surface area contributed by atoms with E-state index in [9.17, 15) is 0 Å². The highest BCUT2D eigenvalue weighted by molar-refractivity contribution is 7.71. The van der Waals surface area contributed by atoms with E-state index in [0.717, 1.165) is 5.56 Å². The lowest BCUT2D eigenvalue weighted by Gasteiger charge is -2.05. The molecular weight excluding hydrogens is 391 g/mol. The fourth-order valence-corrected chi connectivity index (χ4v) is 3.33. The van der Waals surface area contributed by atoms with Gasteiger partial charge in [-0.15, -0.1) is 10.2 Å². The van der Waals surface area contributed by atoms with Crippen molar-refractivity contribution in [3.8, 4) is 17.1 Å². The third-order valence-corrected chi connectivity index (χ3v) is 4.72. The van der Waals surface area contributed by atoms with Crippen molar-refractivity contribution < 1.29 is 0 Å². The molecule has 0 fully saturated rings. The Hall–Kier alpha value is -2.48. The van der Waals surface area contributed by atoms with Gasteiger partial charge in [-0.25, -0.2) is 4.68 Å². The molecule has 0 bridgehead atoms. The lowest BCUT2D eigenvalue weighted by molar-refractivity contribution is 0.573. The molecule has 2 heterocycles. The second-order valence-electron chi connectivity index (χ2n) is 5.55. The number of nitrogens with zero attached hydrogens (tertiary/aromatic N) is 5. The van der Waals surface area contributed by atoms with E-state index in [1.54, 1.807) is 29.1 Å². The second-order valence-corrected chi connectivity index (χ2v) is 6.78. The van der Waals surface area contributed by atoms with E-state index in [0.29, 0.717) is 38.3 Å². The monoisotopic (exact) mass is 402 g/mol. The Balaban J connectivity index is 1.66. The van der Waals surface area contributed by atoms with Gasteiger partial charge in [0.2, 0.25) is 5.82 Å². The molecule has 9 heteroatoms. The van der Waals surface area contributed by atoms with Crippen LogP contribution in [0, 0.1) is 4.64 Å². The van der Waals surface area contributed by atoms with E-state index >= 15 is 0 Å². The van der Waals surface area contributed by atoms with Crippen molar-refractivity contribution in [3.63, 3.8) is 0 Å². The number of tetrazole rings is 1. The predicted molar refractivity (Wildman–Crippen MR) is 103 cm³/mol. The molecule has 0 unspecified atom stereocenters. The lowest BCUT2D eigenvalue weighted by Crippen LogP contribution is -2.03. The zero-order valence-corrected chi connectivity index (χ0v) is 15.6. The molecule has 0 saturated carbocycles. The maximum atomic E-state index is 6.27. The number of H-pyrrole nitrogens is 1. The van der Waals surface area contributed by atoms with Gasteiger partial charge in [0.25, 0.3) is 0 Å². The molecule has 4 rings (SSSR count). The van der Waals surface area contributed by atoms with E-state index in [-0.39, 0.29) is 0 Å². The SMILES string of the molecule is S=c1c(-c2nnn(Cc3ccccc3)n2)c[nH]n1-c1ccc(Cl)cc1Cl. The standard InChI is InChI=1S/C17H12Cl2N6S/c18-12-6-7-15(14(19)8-12)25-17(26)13(9-20-25)16-21-23-24(22-16)10-11-4-2-1-3-5-11/h1-9,20H,10H2. The molecule has 0 aliphatic heterocycles. The number of aromatic amines is 1. The topological polar surface area (TPSA) is 64.3 Å². The summed E-state index contributed by atoms with van der Waals surface area (Å²) in [7, 11) is 0. The Labute approximate surface area is 164 Å². The van der Waals surface area contributed by atoms with Gasteiger partial charge in [-0.3, -0.25) is 5.10 Å². The minimum Gasteiger partial charge on any atom is -0.299 e. The lowest BCUT2D eigenvalue weighted by atomic mass is 10.2. The van der Waals surface area contributed by atoms with Gasteiger partial charge in [0.1, 0.15) is 4.64 Å². The number of hydrogen-bond acceptors (Lipinski definition) is 4. The van der Waals surface area contributed by atoms with E-state index in [1.807, 2.05) is 30.3 Å². The minimum atomic E-state index is 0.450. The summed E-state index contributed by atoms with van der Waals surface area (Å²) in [5.74, 6) is 0.450. The van der Waals surface area contributed by atoms with Gasteiger partial charge in [-0.05, 0) is 29.0 Å². The van der Waals surface area contributed by atoms with Gasteiger partial charge >= 0.3 is 0 Å². The Morgan fingerprint density at radius 2 is 1.88 bits per heavy atom. The molecule has 4 aromatic rings. The summed E-state index contributed by atoms with van der Waals surface area (Å²) in [5.41, 5.74) is 2.46. The number of nitrogens with one attached hydrogen (secondary N) is 1. The summed E-state index contributed by atoms with van der Waals surface area (Å²) in [6.45, 7) is 0.536.